The van der Waals surface area contributed by atoms with Crippen LogP contribution >= 0.6 is 0 Å². The minimum Gasteiger partial charge on any atom is -0.477 e. The standard InChI is InChI=1S/C23H32O4/c1-2-3-4-5-6-7-8-9-10-11-12-15-19-16-13-14-17-20(19)18-21(22(24)25)23(26)27/h12-18H,2-11H2,1H3,(H,24,25)(H,26,27)/b15-12-. The van der Waals surface area contributed by atoms with Crippen LogP contribution in [0.3, 0.4) is 0 Å². The average Bonchev–Trinajstić information content (AvgIpc) is 2.64. The summed E-state index contributed by atoms with van der Waals surface area (Å²) in [7, 11) is 0. The predicted molar refractivity (Wildman–Crippen MR) is 111 cm³/mol. The van der Waals surface area contributed by atoms with Crippen LogP contribution in [0.25, 0.3) is 12.2 Å². The quantitative estimate of drug-likeness (QED) is 0.177. The lowest BCUT2D eigenvalue weighted by Gasteiger charge is -2.03. The van der Waals surface area contributed by atoms with Crippen molar-refractivity contribution in [1.29, 1.82) is 0 Å². The van der Waals surface area contributed by atoms with Crippen LogP contribution in [-0.2, 0) is 9.59 Å². The number of benzene rings is 1. The Labute approximate surface area is 162 Å². The molecule has 2 N–H and O–H groups in total. The van der Waals surface area contributed by atoms with Crippen molar-refractivity contribution >= 4 is 24.1 Å². The van der Waals surface area contributed by atoms with Crippen LogP contribution < -0.4 is 0 Å². The molecule has 4 nitrogen and oxygen atoms in total. The average molecular weight is 373 g/mol. The summed E-state index contributed by atoms with van der Waals surface area (Å²) >= 11 is 0. The molecule has 0 fully saturated rings. The van der Waals surface area contributed by atoms with Gasteiger partial charge in [-0.05, 0) is 30.0 Å². The van der Waals surface area contributed by atoms with Gasteiger partial charge < -0.3 is 10.2 Å². The Morgan fingerprint density at radius 2 is 1.33 bits per heavy atom. The molecule has 0 unspecified atom stereocenters. The van der Waals surface area contributed by atoms with E-state index in [-0.39, 0.29) is 0 Å². The van der Waals surface area contributed by atoms with Crippen molar-refractivity contribution in [3.05, 3.63) is 47.0 Å². The van der Waals surface area contributed by atoms with Crippen molar-refractivity contribution in [1.82, 2.24) is 0 Å². The highest BCUT2D eigenvalue weighted by atomic mass is 16.4. The van der Waals surface area contributed by atoms with Gasteiger partial charge in [-0.25, -0.2) is 9.59 Å². The zero-order valence-corrected chi connectivity index (χ0v) is 16.3. The minimum atomic E-state index is -1.43. The summed E-state index contributed by atoms with van der Waals surface area (Å²) in [6.45, 7) is 2.24. The molecule has 0 amide bonds. The highest BCUT2D eigenvalue weighted by Gasteiger charge is 2.16. The van der Waals surface area contributed by atoms with Gasteiger partial charge >= 0.3 is 11.9 Å². The molecule has 0 radical (unpaired) electrons. The van der Waals surface area contributed by atoms with Crippen LogP contribution in [0.1, 0.15) is 82.3 Å². The van der Waals surface area contributed by atoms with E-state index in [1.54, 1.807) is 12.1 Å². The first kappa shape index (κ1) is 22.7. The lowest BCUT2D eigenvalue weighted by atomic mass is 10.0. The molecule has 0 saturated heterocycles. The lowest BCUT2D eigenvalue weighted by Crippen LogP contribution is -2.10. The number of rotatable bonds is 14. The lowest BCUT2D eigenvalue weighted by molar-refractivity contribution is -0.140. The molecule has 0 aliphatic rings. The van der Waals surface area contributed by atoms with Crippen LogP contribution in [0, 0.1) is 0 Å². The summed E-state index contributed by atoms with van der Waals surface area (Å²) in [5.41, 5.74) is 0.795. The Morgan fingerprint density at radius 3 is 1.89 bits per heavy atom. The fraction of sp³-hybridized carbons (Fsp3) is 0.478. The number of hydrogen-bond acceptors (Lipinski definition) is 2. The summed E-state index contributed by atoms with van der Waals surface area (Å²) in [4.78, 5) is 22.1. The van der Waals surface area contributed by atoms with Crippen molar-refractivity contribution in [2.75, 3.05) is 0 Å². The van der Waals surface area contributed by atoms with Gasteiger partial charge in [0.05, 0.1) is 0 Å². The van der Waals surface area contributed by atoms with E-state index in [0.29, 0.717) is 5.56 Å². The molecular weight excluding hydrogens is 340 g/mol. The third-order valence-electron chi connectivity index (χ3n) is 4.53. The van der Waals surface area contributed by atoms with Gasteiger partial charge in [0.15, 0.2) is 0 Å². The number of carboxylic acid groups (broad SMARTS) is 2. The maximum atomic E-state index is 11.0. The van der Waals surface area contributed by atoms with Crippen LogP contribution in [0.15, 0.2) is 35.9 Å². The molecular formula is C23H32O4. The number of unbranched alkanes of at least 4 members (excludes halogenated alkanes) is 9. The molecule has 0 aromatic heterocycles. The van der Waals surface area contributed by atoms with Crippen molar-refractivity contribution in [2.45, 2.75) is 71.1 Å². The normalized spacial score (nSPS) is 10.9. The molecule has 0 bridgehead atoms. The van der Waals surface area contributed by atoms with E-state index >= 15 is 0 Å². The van der Waals surface area contributed by atoms with Gasteiger partial charge in [-0.1, -0.05) is 94.7 Å². The summed E-state index contributed by atoms with van der Waals surface area (Å²) in [5.74, 6) is -2.87. The second kappa shape index (κ2) is 13.8. The van der Waals surface area contributed by atoms with Crippen molar-refractivity contribution in [2.24, 2.45) is 0 Å². The summed E-state index contributed by atoms with van der Waals surface area (Å²) in [6.07, 6.45) is 17.8. The molecule has 1 aromatic carbocycles. The summed E-state index contributed by atoms with van der Waals surface area (Å²) in [5, 5.41) is 18.0. The Balaban J connectivity index is 2.43. The number of carbonyl (C=O) groups is 2. The molecule has 27 heavy (non-hydrogen) atoms. The number of aliphatic carboxylic acids is 2. The van der Waals surface area contributed by atoms with Crippen molar-refractivity contribution < 1.29 is 19.8 Å². The van der Waals surface area contributed by atoms with E-state index in [0.717, 1.165) is 18.4 Å². The Kier molecular flexibility index (Phi) is 11.6. The van der Waals surface area contributed by atoms with Crippen molar-refractivity contribution in [3.8, 4) is 0 Å². The monoisotopic (exact) mass is 372 g/mol. The predicted octanol–water partition coefficient (Wildman–Crippen LogP) is 6.17. The Hall–Kier alpha value is -2.36. The fourth-order valence-corrected chi connectivity index (χ4v) is 2.95. The smallest absolute Gasteiger partial charge is 0.343 e. The van der Waals surface area contributed by atoms with Gasteiger partial charge in [-0.3, -0.25) is 0 Å². The van der Waals surface area contributed by atoms with E-state index in [1.807, 2.05) is 18.2 Å². The fourth-order valence-electron chi connectivity index (χ4n) is 2.95. The van der Waals surface area contributed by atoms with E-state index in [4.69, 9.17) is 10.2 Å². The van der Waals surface area contributed by atoms with Crippen LogP contribution in [0.2, 0.25) is 0 Å². The molecule has 0 aliphatic carbocycles. The zero-order chi connectivity index (χ0) is 19.9. The molecule has 148 valence electrons. The van der Waals surface area contributed by atoms with Crippen molar-refractivity contribution in [3.63, 3.8) is 0 Å². The maximum absolute atomic E-state index is 11.0. The van der Waals surface area contributed by atoms with E-state index < -0.39 is 17.5 Å². The first-order chi connectivity index (χ1) is 13.1. The molecule has 0 spiro atoms. The van der Waals surface area contributed by atoms with E-state index in [2.05, 4.69) is 13.0 Å². The number of allylic oxidation sites excluding steroid dienone is 1. The Bertz CT molecular complexity index is 628. The zero-order valence-electron chi connectivity index (χ0n) is 16.3. The molecule has 0 saturated carbocycles. The van der Waals surface area contributed by atoms with Crippen LogP contribution in [0.5, 0.6) is 0 Å². The Morgan fingerprint density at radius 1 is 0.815 bits per heavy atom. The van der Waals surface area contributed by atoms with Gasteiger partial charge in [0, 0.05) is 0 Å². The number of hydrogen-bond donors (Lipinski definition) is 2. The first-order valence-electron chi connectivity index (χ1n) is 10.00. The molecule has 0 aliphatic heterocycles. The molecule has 4 heteroatoms. The van der Waals surface area contributed by atoms with Gasteiger partial charge in [0.2, 0.25) is 0 Å². The summed E-state index contributed by atoms with van der Waals surface area (Å²) < 4.78 is 0. The van der Waals surface area contributed by atoms with E-state index in [9.17, 15) is 9.59 Å². The minimum absolute atomic E-state index is 0.598. The largest absolute Gasteiger partial charge is 0.477 e. The van der Waals surface area contributed by atoms with Crippen LogP contribution in [-0.4, -0.2) is 22.2 Å². The topological polar surface area (TPSA) is 74.6 Å². The third-order valence-corrected chi connectivity index (χ3v) is 4.53. The van der Waals surface area contributed by atoms with E-state index in [1.165, 1.54) is 57.4 Å². The van der Waals surface area contributed by atoms with Gasteiger partial charge in [-0.2, -0.15) is 0 Å². The molecule has 1 aromatic rings. The first-order valence-corrected chi connectivity index (χ1v) is 10.00. The number of carboxylic acids is 2. The van der Waals surface area contributed by atoms with Gasteiger partial charge in [-0.15, -0.1) is 0 Å². The molecule has 1 rings (SSSR count). The second-order valence-corrected chi connectivity index (χ2v) is 6.82. The summed E-state index contributed by atoms with van der Waals surface area (Å²) in [6, 6.07) is 7.21. The van der Waals surface area contributed by atoms with Gasteiger partial charge in [0.25, 0.3) is 0 Å². The third kappa shape index (κ3) is 9.78. The van der Waals surface area contributed by atoms with Gasteiger partial charge in [0.1, 0.15) is 5.57 Å². The maximum Gasteiger partial charge on any atom is 0.343 e. The molecule has 0 atom stereocenters. The molecule has 0 heterocycles. The SMILES string of the molecule is CCCCCCCCCCC/C=C\c1ccccc1C=C(C(=O)O)C(=O)O. The van der Waals surface area contributed by atoms with Crippen LogP contribution in [0.4, 0.5) is 0 Å². The highest BCUT2D eigenvalue weighted by Crippen LogP contribution is 2.17. The highest BCUT2D eigenvalue weighted by molar-refractivity contribution is 6.16. The second-order valence-electron chi connectivity index (χ2n) is 6.82.